The Hall–Kier alpha value is -3.16. The van der Waals surface area contributed by atoms with E-state index >= 15 is 0 Å². The van der Waals surface area contributed by atoms with Gasteiger partial charge in [-0.2, -0.15) is 11.8 Å². The Kier molecular flexibility index (Phi) is 15.4. The van der Waals surface area contributed by atoms with Crippen molar-refractivity contribution >= 4 is 41.4 Å². The average molecular weight is 596 g/mol. The Morgan fingerprint density at radius 2 is 1.29 bits per heavy atom. The minimum absolute atomic E-state index is 0.281. The summed E-state index contributed by atoms with van der Waals surface area (Å²) >= 11 is 1.48. The van der Waals surface area contributed by atoms with Gasteiger partial charge in [0.1, 0.15) is 24.2 Å². The number of carbonyl (C=O) groups excluding carboxylic acids is 4. The lowest BCUT2D eigenvalue weighted by Gasteiger charge is -2.29. The number of aliphatic carboxylic acids is 1. The predicted octanol–water partition coefficient (Wildman–Crippen LogP) is 0.0261. The maximum atomic E-state index is 13.3. The first-order valence-corrected chi connectivity index (χ1v) is 15.0. The molecule has 0 heterocycles. The van der Waals surface area contributed by atoms with E-state index in [0.29, 0.717) is 5.75 Å². The van der Waals surface area contributed by atoms with Crippen molar-refractivity contribution < 1.29 is 34.2 Å². The molecular weight excluding hydrogens is 550 g/mol. The van der Waals surface area contributed by atoms with Crippen LogP contribution in [0.3, 0.4) is 0 Å². The minimum atomic E-state index is -1.47. The molecule has 0 unspecified atom stereocenters. The Balaban J connectivity index is 3.00. The van der Waals surface area contributed by atoms with Gasteiger partial charge < -0.3 is 37.2 Å². The highest BCUT2D eigenvalue weighted by atomic mass is 32.2. The summed E-state index contributed by atoms with van der Waals surface area (Å²) in [5.74, 6) is -4.31. The van der Waals surface area contributed by atoms with Gasteiger partial charge in [-0.3, -0.25) is 19.2 Å². The first-order chi connectivity index (χ1) is 19.2. The summed E-state index contributed by atoms with van der Waals surface area (Å²) in [6, 6.07) is 3.56. The number of carboxylic acids is 1. The highest BCUT2D eigenvalue weighted by molar-refractivity contribution is 7.98. The fraction of sp³-hybridized carbons (Fsp3) is 0.607. The van der Waals surface area contributed by atoms with Crippen molar-refractivity contribution in [2.45, 2.75) is 83.8 Å². The van der Waals surface area contributed by atoms with E-state index in [9.17, 15) is 34.2 Å². The molecule has 1 aromatic rings. The van der Waals surface area contributed by atoms with Crippen LogP contribution in [-0.4, -0.2) is 88.1 Å². The number of hydrogen-bond acceptors (Lipinski definition) is 8. The van der Waals surface area contributed by atoms with Crippen LogP contribution in [0.15, 0.2) is 30.3 Å². The van der Waals surface area contributed by atoms with Crippen molar-refractivity contribution in [2.24, 2.45) is 17.6 Å². The van der Waals surface area contributed by atoms with Crippen molar-refractivity contribution in [3.05, 3.63) is 35.9 Å². The third-order valence-corrected chi connectivity index (χ3v) is 7.06. The number of nitrogens with one attached hydrogen (secondary N) is 4. The molecule has 230 valence electrons. The number of aliphatic hydroxyl groups excluding tert-OH is 1. The van der Waals surface area contributed by atoms with E-state index in [4.69, 9.17) is 5.73 Å². The van der Waals surface area contributed by atoms with Gasteiger partial charge in [0.25, 0.3) is 0 Å². The van der Waals surface area contributed by atoms with Gasteiger partial charge >= 0.3 is 5.97 Å². The van der Waals surface area contributed by atoms with E-state index in [1.807, 2.05) is 36.6 Å². The molecule has 0 aliphatic rings. The second-order valence-electron chi connectivity index (χ2n) is 10.7. The SMILES string of the molecule is CSCC[C@H](NC(=O)[C@@H](N)Cc1ccccc1)C(=O)N[C@H](C(=O)N[C@H](C(=O)N[C@H](C(=O)O)C(C)C)[C@@H](C)O)C(C)C. The smallest absolute Gasteiger partial charge is 0.326 e. The molecule has 8 N–H and O–H groups in total. The van der Waals surface area contributed by atoms with Crippen LogP contribution in [0.2, 0.25) is 0 Å². The monoisotopic (exact) mass is 595 g/mol. The quantitative estimate of drug-likeness (QED) is 0.130. The number of amides is 4. The number of hydrogen-bond donors (Lipinski definition) is 7. The number of carbonyl (C=O) groups is 5. The molecule has 13 heteroatoms. The Morgan fingerprint density at radius 3 is 1.78 bits per heavy atom. The van der Waals surface area contributed by atoms with Crippen LogP contribution in [0.5, 0.6) is 0 Å². The fourth-order valence-corrected chi connectivity index (χ4v) is 4.41. The topological polar surface area (TPSA) is 200 Å². The lowest BCUT2D eigenvalue weighted by Crippen LogP contribution is -2.61. The van der Waals surface area contributed by atoms with Gasteiger partial charge in [0.15, 0.2) is 0 Å². The summed E-state index contributed by atoms with van der Waals surface area (Å²) in [6.07, 6.45) is 1.07. The summed E-state index contributed by atoms with van der Waals surface area (Å²) in [6.45, 7) is 7.88. The third kappa shape index (κ3) is 12.1. The summed E-state index contributed by atoms with van der Waals surface area (Å²) in [7, 11) is 0. The van der Waals surface area contributed by atoms with Gasteiger partial charge in [-0.15, -0.1) is 0 Å². The molecule has 12 nitrogen and oxygen atoms in total. The van der Waals surface area contributed by atoms with Crippen molar-refractivity contribution in [3.8, 4) is 0 Å². The normalized spacial score (nSPS) is 15.7. The van der Waals surface area contributed by atoms with Crippen LogP contribution in [0.4, 0.5) is 0 Å². The molecular formula is C28H45N5O7S. The Bertz CT molecular complexity index is 1020. The van der Waals surface area contributed by atoms with Crippen molar-refractivity contribution in [1.82, 2.24) is 21.3 Å². The molecule has 0 saturated carbocycles. The number of nitrogens with two attached hydrogens (primary N) is 1. The van der Waals surface area contributed by atoms with E-state index < -0.39 is 77.7 Å². The molecule has 0 radical (unpaired) electrons. The minimum Gasteiger partial charge on any atom is -0.480 e. The Labute approximate surface area is 246 Å². The molecule has 6 atom stereocenters. The molecule has 0 aliphatic heterocycles. The first kappa shape index (κ1) is 35.9. The largest absolute Gasteiger partial charge is 0.480 e. The lowest BCUT2D eigenvalue weighted by molar-refractivity contribution is -0.144. The van der Waals surface area contributed by atoms with E-state index in [1.165, 1.54) is 18.7 Å². The van der Waals surface area contributed by atoms with E-state index in [2.05, 4.69) is 21.3 Å². The zero-order valence-corrected chi connectivity index (χ0v) is 25.4. The number of benzene rings is 1. The molecule has 0 spiro atoms. The number of rotatable bonds is 17. The molecule has 0 aromatic heterocycles. The second-order valence-corrected chi connectivity index (χ2v) is 11.7. The molecule has 41 heavy (non-hydrogen) atoms. The molecule has 1 aromatic carbocycles. The van der Waals surface area contributed by atoms with Gasteiger partial charge in [0.2, 0.25) is 23.6 Å². The van der Waals surface area contributed by atoms with Gasteiger partial charge in [0, 0.05) is 0 Å². The number of carboxylic acid groups (broad SMARTS) is 1. The molecule has 0 fully saturated rings. The maximum Gasteiger partial charge on any atom is 0.326 e. The van der Waals surface area contributed by atoms with Gasteiger partial charge in [0.05, 0.1) is 12.1 Å². The molecule has 4 amide bonds. The van der Waals surface area contributed by atoms with Crippen LogP contribution in [0.25, 0.3) is 0 Å². The standard InChI is InChI=1S/C28H45N5O7S/c1-15(2)21(26(37)33-23(17(5)34)27(38)32-22(16(3)4)28(39)40)31-25(36)20(12-13-41-6)30-24(35)19(29)14-18-10-8-7-9-11-18/h7-11,15-17,19-23,34H,12-14,29H2,1-6H3,(H,30,35)(H,31,36)(H,32,38)(H,33,37)(H,39,40)/t17-,19+,20+,21+,22+,23+/m1/s1. The highest BCUT2D eigenvalue weighted by Crippen LogP contribution is 2.09. The molecule has 0 aliphatic carbocycles. The van der Waals surface area contributed by atoms with Crippen LogP contribution in [-0.2, 0) is 30.4 Å². The second kappa shape index (κ2) is 17.6. The van der Waals surface area contributed by atoms with Gasteiger partial charge in [-0.05, 0) is 49.2 Å². The third-order valence-electron chi connectivity index (χ3n) is 6.42. The van der Waals surface area contributed by atoms with Gasteiger partial charge in [-0.25, -0.2) is 4.79 Å². The van der Waals surface area contributed by atoms with E-state index in [1.54, 1.807) is 27.7 Å². The number of thioether (sulfide) groups is 1. The van der Waals surface area contributed by atoms with E-state index in [-0.39, 0.29) is 12.8 Å². The van der Waals surface area contributed by atoms with Gasteiger partial charge in [-0.1, -0.05) is 58.0 Å². The highest BCUT2D eigenvalue weighted by Gasteiger charge is 2.35. The van der Waals surface area contributed by atoms with E-state index in [0.717, 1.165) is 5.56 Å². The number of aliphatic hydroxyl groups is 1. The van der Waals surface area contributed by atoms with Crippen LogP contribution in [0.1, 0.15) is 46.6 Å². The van der Waals surface area contributed by atoms with Crippen molar-refractivity contribution in [1.29, 1.82) is 0 Å². The van der Waals surface area contributed by atoms with Crippen molar-refractivity contribution in [3.63, 3.8) is 0 Å². The summed E-state index contributed by atoms with van der Waals surface area (Å²) in [4.78, 5) is 63.7. The predicted molar refractivity (Wildman–Crippen MR) is 158 cm³/mol. The molecule has 0 saturated heterocycles. The van der Waals surface area contributed by atoms with Crippen LogP contribution in [0, 0.1) is 11.8 Å². The van der Waals surface area contributed by atoms with Crippen molar-refractivity contribution in [2.75, 3.05) is 12.0 Å². The molecule has 0 bridgehead atoms. The fourth-order valence-electron chi connectivity index (χ4n) is 3.94. The Morgan fingerprint density at radius 1 is 0.780 bits per heavy atom. The zero-order chi connectivity index (χ0) is 31.3. The average Bonchev–Trinajstić information content (AvgIpc) is 2.90. The summed E-state index contributed by atoms with van der Waals surface area (Å²) in [5.41, 5.74) is 6.97. The maximum absolute atomic E-state index is 13.3. The van der Waals surface area contributed by atoms with Crippen LogP contribution >= 0.6 is 11.8 Å². The zero-order valence-electron chi connectivity index (χ0n) is 24.5. The lowest BCUT2D eigenvalue weighted by atomic mass is 10.0. The summed E-state index contributed by atoms with van der Waals surface area (Å²) in [5, 5.41) is 29.7. The molecule has 1 rings (SSSR count). The first-order valence-electron chi connectivity index (χ1n) is 13.6. The van der Waals surface area contributed by atoms with Crippen LogP contribution < -0.4 is 27.0 Å². The summed E-state index contributed by atoms with van der Waals surface area (Å²) < 4.78 is 0.